The van der Waals surface area contributed by atoms with E-state index in [0.29, 0.717) is 5.54 Å². The van der Waals surface area contributed by atoms with Crippen molar-refractivity contribution in [2.24, 2.45) is 5.73 Å². The summed E-state index contributed by atoms with van der Waals surface area (Å²) >= 11 is 0. The van der Waals surface area contributed by atoms with Crippen LogP contribution in [0.5, 0.6) is 0 Å². The van der Waals surface area contributed by atoms with Crippen LogP contribution >= 0.6 is 12.4 Å². The highest BCUT2D eigenvalue weighted by molar-refractivity contribution is 5.85. The van der Waals surface area contributed by atoms with Crippen molar-refractivity contribution in [3.63, 3.8) is 0 Å². The molecule has 0 atom stereocenters. The maximum atomic E-state index is 5.81. The molecule has 0 aromatic rings. The average Bonchev–Trinajstić information content (AvgIpc) is 2.39. The lowest BCUT2D eigenvalue weighted by Gasteiger charge is -2.48. The molecule has 0 spiro atoms. The molecule has 2 nitrogen and oxygen atoms in total. The van der Waals surface area contributed by atoms with E-state index in [-0.39, 0.29) is 12.4 Å². The van der Waals surface area contributed by atoms with Crippen molar-refractivity contribution < 1.29 is 0 Å². The molecule has 1 heterocycles. The van der Waals surface area contributed by atoms with E-state index in [1.54, 1.807) is 0 Å². The third-order valence-corrected chi connectivity index (χ3v) is 3.44. The van der Waals surface area contributed by atoms with Crippen LogP contribution in [0.2, 0.25) is 0 Å². The molecule has 1 aliphatic heterocycles. The van der Waals surface area contributed by atoms with E-state index in [0.717, 1.165) is 6.54 Å². The first-order valence-corrected chi connectivity index (χ1v) is 4.82. The molecule has 2 N–H and O–H groups in total. The standard InChI is InChI=1S/C9H18N2.ClH/c10-8-9(4-3-5-9)11-6-1-2-7-11;/h1-8,10H2;1H. The van der Waals surface area contributed by atoms with Gasteiger partial charge in [-0.05, 0) is 45.2 Å². The number of halogens is 1. The van der Waals surface area contributed by atoms with Crippen molar-refractivity contribution in [1.82, 2.24) is 4.90 Å². The Hall–Kier alpha value is 0.210. The SMILES string of the molecule is Cl.NCC1(N2CCCC2)CCC1. The van der Waals surface area contributed by atoms with Crippen LogP contribution in [0.4, 0.5) is 0 Å². The summed E-state index contributed by atoms with van der Waals surface area (Å²) < 4.78 is 0. The number of hydrogen-bond acceptors (Lipinski definition) is 2. The summed E-state index contributed by atoms with van der Waals surface area (Å²) in [6, 6.07) is 0. The lowest BCUT2D eigenvalue weighted by molar-refractivity contribution is 0.0444. The van der Waals surface area contributed by atoms with E-state index >= 15 is 0 Å². The second-order valence-corrected chi connectivity index (χ2v) is 3.98. The minimum Gasteiger partial charge on any atom is -0.329 e. The van der Waals surface area contributed by atoms with Crippen LogP contribution in [0.3, 0.4) is 0 Å². The molecule has 0 aromatic carbocycles. The fourth-order valence-electron chi connectivity index (χ4n) is 2.43. The Morgan fingerprint density at radius 1 is 1.08 bits per heavy atom. The van der Waals surface area contributed by atoms with E-state index in [4.69, 9.17) is 5.73 Å². The number of likely N-dealkylation sites (tertiary alicyclic amines) is 1. The first-order chi connectivity index (χ1) is 5.37. The molecule has 2 rings (SSSR count). The van der Waals surface area contributed by atoms with Gasteiger partial charge in [0.25, 0.3) is 0 Å². The quantitative estimate of drug-likeness (QED) is 0.713. The Morgan fingerprint density at radius 2 is 1.67 bits per heavy atom. The second-order valence-electron chi connectivity index (χ2n) is 3.98. The van der Waals surface area contributed by atoms with Crippen LogP contribution < -0.4 is 5.73 Å². The summed E-state index contributed by atoms with van der Waals surface area (Å²) in [5, 5.41) is 0. The molecule has 0 amide bonds. The minimum absolute atomic E-state index is 0. The smallest absolute Gasteiger partial charge is 0.0331 e. The molecule has 0 aromatic heterocycles. The van der Waals surface area contributed by atoms with Gasteiger partial charge in [-0.25, -0.2) is 0 Å². The zero-order valence-electron chi connectivity index (χ0n) is 7.59. The van der Waals surface area contributed by atoms with E-state index in [1.165, 1.54) is 45.2 Å². The molecule has 2 fully saturated rings. The molecule has 1 aliphatic carbocycles. The Kier molecular flexibility index (Phi) is 3.38. The fourth-order valence-corrected chi connectivity index (χ4v) is 2.43. The number of rotatable bonds is 2. The van der Waals surface area contributed by atoms with Gasteiger partial charge >= 0.3 is 0 Å². The molecule has 1 saturated carbocycles. The molecular weight excluding hydrogens is 172 g/mol. The molecule has 12 heavy (non-hydrogen) atoms. The van der Waals surface area contributed by atoms with Gasteiger partial charge in [-0.1, -0.05) is 0 Å². The van der Waals surface area contributed by atoms with Gasteiger partial charge in [0.2, 0.25) is 0 Å². The third kappa shape index (κ3) is 1.48. The second kappa shape index (κ2) is 3.95. The summed E-state index contributed by atoms with van der Waals surface area (Å²) in [5.74, 6) is 0. The van der Waals surface area contributed by atoms with E-state index in [9.17, 15) is 0 Å². The van der Waals surface area contributed by atoms with Gasteiger partial charge in [0, 0.05) is 12.1 Å². The van der Waals surface area contributed by atoms with Crippen LogP contribution in [0, 0.1) is 0 Å². The van der Waals surface area contributed by atoms with Crippen LogP contribution in [0.15, 0.2) is 0 Å². The van der Waals surface area contributed by atoms with Gasteiger partial charge in [0.1, 0.15) is 0 Å². The van der Waals surface area contributed by atoms with Crippen LogP contribution in [0.1, 0.15) is 32.1 Å². The Morgan fingerprint density at radius 3 is 2.00 bits per heavy atom. The molecule has 0 bridgehead atoms. The van der Waals surface area contributed by atoms with Gasteiger partial charge in [-0.3, -0.25) is 4.90 Å². The summed E-state index contributed by atoms with van der Waals surface area (Å²) in [6.07, 6.45) is 6.88. The summed E-state index contributed by atoms with van der Waals surface area (Å²) in [4.78, 5) is 2.62. The Bertz CT molecular complexity index is 134. The molecule has 72 valence electrons. The number of nitrogens with zero attached hydrogens (tertiary/aromatic N) is 1. The van der Waals surface area contributed by atoms with Gasteiger partial charge in [0.05, 0.1) is 0 Å². The molecule has 0 unspecified atom stereocenters. The Balaban J connectivity index is 0.000000720. The van der Waals surface area contributed by atoms with Crippen LogP contribution in [-0.2, 0) is 0 Å². The summed E-state index contributed by atoms with van der Waals surface area (Å²) in [5.41, 5.74) is 6.26. The molecule has 0 radical (unpaired) electrons. The van der Waals surface area contributed by atoms with Gasteiger partial charge < -0.3 is 5.73 Å². The van der Waals surface area contributed by atoms with Crippen molar-refractivity contribution in [2.75, 3.05) is 19.6 Å². The van der Waals surface area contributed by atoms with Crippen molar-refractivity contribution in [2.45, 2.75) is 37.6 Å². The van der Waals surface area contributed by atoms with Crippen LogP contribution in [0.25, 0.3) is 0 Å². The highest BCUT2D eigenvalue weighted by Crippen LogP contribution is 2.38. The third-order valence-electron chi connectivity index (χ3n) is 3.44. The maximum absolute atomic E-state index is 5.81. The Labute approximate surface area is 80.9 Å². The number of hydrogen-bond donors (Lipinski definition) is 1. The lowest BCUT2D eigenvalue weighted by Crippen LogP contribution is -2.57. The molecular formula is C9H19ClN2. The average molecular weight is 191 g/mol. The highest BCUT2D eigenvalue weighted by atomic mass is 35.5. The predicted octanol–water partition coefficient (Wildman–Crippen LogP) is 1.39. The highest BCUT2D eigenvalue weighted by Gasteiger charge is 2.41. The normalized spacial score (nSPS) is 27.8. The van der Waals surface area contributed by atoms with Crippen molar-refractivity contribution >= 4 is 12.4 Å². The van der Waals surface area contributed by atoms with E-state index in [1.807, 2.05) is 0 Å². The largest absolute Gasteiger partial charge is 0.329 e. The fraction of sp³-hybridized carbons (Fsp3) is 1.00. The first-order valence-electron chi connectivity index (χ1n) is 4.82. The van der Waals surface area contributed by atoms with E-state index in [2.05, 4.69) is 4.90 Å². The zero-order chi connectivity index (χ0) is 7.73. The molecule has 2 aliphatic rings. The summed E-state index contributed by atoms with van der Waals surface area (Å²) in [7, 11) is 0. The first kappa shape index (κ1) is 10.3. The minimum atomic E-state index is 0. The van der Waals surface area contributed by atoms with Crippen LogP contribution in [-0.4, -0.2) is 30.1 Å². The monoisotopic (exact) mass is 190 g/mol. The van der Waals surface area contributed by atoms with Gasteiger partial charge in [0.15, 0.2) is 0 Å². The van der Waals surface area contributed by atoms with Gasteiger partial charge in [-0.15, -0.1) is 12.4 Å². The van der Waals surface area contributed by atoms with Crippen molar-refractivity contribution in [1.29, 1.82) is 0 Å². The maximum Gasteiger partial charge on any atom is 0.0331 e. The molecule has 1 saturated heterocycles. The topological polar surface area (TPSA) is 29.3 Å². The van der Waals surface area contributed by atoms with Crippen molar-refractivity contribution in [3.05, 3.63) is 0 Å². The zero-order valence-corrected chi connectivity index (χ0v) is 8.41. The number of nitrogens with two attached hydrogens (primary N) is 1. The van der Waals surface area contributed by atoms with Gasteiger partial charge in [-0.2, -0.15) is 0 Å². The van der Waals surface area contributed by atoms with Crippen molar-refractivity contribution in [3.8, 4) is 0 Å². The molecule has 3 heteroatoms. The lowest BCUT2D eigenvalue weighted by atomic mass is 9.75. The van der Waals surface area contributed by atoms with E-state index < -0.39 is 0 Å². The summed E-state index contributed by atoms with van der Waals surface area (Å²) in [6.45, 7) is 3.49. The predicted molar refractivity (Wildman–Crippen MR) is 53.7 cm³/mol.